The average molecular weight is 534 g/mol. The van der Waals surface area contributed by atoms with Crippen LogP contribution in [0.1, 0.15) is 68.0 Å². The molecule has 2 atom stereocenters. The summed E-state index contributed by atoms with van der Waals surface area (Å²) in [4.78, 5) is 11.7. The van der Waals surface area contributed by atoms with Crippen LogP contribution in [0.2, 0.25) is 0 Å². The topological polar surface area (TPSA) is 67.8 Å². The number of aliphatic hydroxyl groups is 1. The molecule has 0 aliphatic heterocycles. The smallest absolute Gasteiger partial charge is 0.416 e. The van der Waals surface area contributed by atoms with Gasteiger partial charge in [0.25, 0.3) is 0 Å². The van der Waals surface area contributed by atoms with Crippen molar-refractivity contribution < 1.29 is 32.5 Å². The Kier molecular flexibility index (Phi) is 10.2. The summed E-state index contributed by atoms with van der Waals surface area (Å²) in [5.41, 5.74) is 2.47. The van der Waals surface area contributed by atoms with E-state index < -0.39 is 29.9 Å². The molecule has 0 unspecified atom stereocenters. The molecule has 208 valence electrons. The lowest BCUT2D eigenvalue weighted by molar-refractivity contribution is -0.138. The van der Waals surface area contributed by atoms with E-state index >= 15 is 0 Å². The Hall–Kier alpha value is -2.68. The van der Waals surface area contributed by atoms with E-state index in [1.807, 2.05) is 0 Å². The second kappa shape index (κ2) is 12.9. The van der Waals surface area contributed by atoms with Crippen LogP contribution in [-0.4, -0.2) is 42.5 Å². The van der Waals surface area contributed by atoms with Crippen LogP contribution < -0.4 is 5.32 Å². The van der Waals surface area contributed by atoms with Gasteiger partial charge in [0.15, 0.2) is 0 Å². The lowest BCUT2D eigenvalue weighted by Gasteiger charge is -2.31. The monoisotopic (exact) mass is 533 g/mol. The molecule has 2 aromatic carbocycles. The van der Waals surface area contributed by atoms with Gasteiger partial charge in [-0.25, -0.2) is 4.79 Å². The summed E-state index contributed by atoms with van der Waals surface area (Å²) in [6.07, 6.45) is -0.482. The van der Waals surface area contributed by atoms with Crippen molar-refractivity contribution in [2.75, 3.05) is 19.8 Å². The molecule has 0 heterocycles. The summed E-state index contributed by atoms with van der Waals surface area (Å²) in [5.74, 6) is -0.0529. The van der Waals surface area contributed by atoms with Crippen LogP contribution in [0.4, 0.5) is 13.2 Å². The zero-order chi connectivity index (χ0) is 27.9. The number of carbonyl (C=O) groups is 1. The number of aliphatic hydroxyl groups excluding tert-OH is 1. The second-order valence-corrected chi connectivity index (χ2v) is 10.6. The lowest BCUT2D eigenvalue weighted by Crippen LogP contribution is -2.45. The fraction of sp³-hybridized carbons (Fsp3) is 0.500. The molecule has 3 rings (SSSR count). The van der Waals surface area contributed by atoms with Gasteiger partial charge in [-0.2, -0.15) is 13.2 Å². The number of hydrogen-bond donors (Lipinski definition) is 2. The first kappa shape index (κ1) is 29.9. The molecule has 2 N–H and O–H groups in total. The number of β-amino-alcohol motifs (C(OH)–C–C–N with tert-alkyl or cyclic N) is 1. The normalized spacial score (nSPS) is 16.0. The summed E-state index contributed by atoms with van der Waals surface area (Å²) < 4.78 is 50.7. The second-order valence-electron chi connectivity index (χ2n) is 10.6. The molecule has 0 bridgehead atoms. The van der Waals surface area contributed by atoms with Crippen molar-refractivity contribution in [1.82, 2.24) is 5.32 Å². The molecule has 0 aromatic heterocycles. The predicted molar refractivity (Wildman–Crippen MR) is 142 cm³/mol. The minimum atomic E-state index is -4.52. The maximum absolute atomic E-state index is 13.3. The summed E-state index contributed by atoms with van der Waals surface area (Å²) in [7, 11) is 0. The van der Waals surface area contributed by atoms with Gasteiger partial charge in [-0.3, -0.25) is 0 Å². The number of ether oxygens (including phenoxy) is 2. The predicted octanol–water partition coefficient (Wildman–Crippen LogP) is 5.89. The van der Waals surface area contributed by atoms with E-state index in [-0.39, 0.29) is 30.9 Å². The number of alkyl halides is 3. The van der Waals surface area contributed by atoms with E-state index in [4.69, 9.17) is 9.47 Å². The van der Waals surface area contributed by atoms with Crippen molar-refractivity contribution in [3.8, 4) is 0 Å². The molecule has 0 saturated carbocycles. The Balaban J connectivity index is 1.56. The van der Waals surface area contributed by atoms with Crippen molar-refractivity contribution in [3.05, 3.63) is 76.4 Å². The Morgan fingerprint density at radius 3 is 2.42 bits per heavy atom. The van der Waals surface area contributed by atoms with E-state index in [1.165, 1.54) is 29.3 Å². The largest absolute Gasteiger partial charge is 0.463 e. The van der Waals surface area contributed by atoms with Gasteiger partial charge in [0, 0.05) is 18.2 Å². The Labute approximate surface area is 223 Å². The van der Waals surface area contributed by atoms with Gasteiger partial charge in [-0.15, -0.1) is 0 Å². The van der Waals surface area contributed by atoms with Gasteiger partial charge in [0.2, 0.25) is 0 Å². The van der Waals surface area contributed by atoms with Crippen molar-refractivity contribution in [3.63, 3.8) is 0 Å². The van der Waals surface area contributed by atoms with Crippen LogP contribution in [0, 0.1) is 5.92 Å². The van der Waals surface area contributed by atoms with Gasteiger partial charge in [-0.1, -0.05) is 30.3 Å². The lowest BCUT2D eigenvalue weighted by atomic mass is 9.88. The molecule has 2 aromatic rings. The molecule has 0 saturated heterocycles. The van der Waals surface area contributed by atoms with Crippen LogP contribution in [0.3, 0.4) is 0 Å². The van der Waals surface area contributed by atoms with E-state index in [9.17, 15) is 23.1 Å². The first-order valence-corrected chi connectivity index (χ1v) is 13.1. The van der Waals surface area contributed by atoms with Crippen molar-refractivity contribution in [2.24, 2.45) is 5.92 Å². The summed E-state index contributed by atoms with van der Waals surface area (Å²) >= 11 is 0. The number of hydrogen-bond acceptors (Lipinski definition) is 5. The number of rotatable bonds is 12. The number of halogens is 3. The molecule has 8 heteroatoms. The fourth-order valence-electron chi connectivity index (χ4n) is 4.99. The highest BCUT2D eigenvalue weighted by Gasteiger charge is 2.32. The van der Waals surface area contributed by atoms with E-state index in [1.54, 1.807) is 13.8 Å². The van der Waals surface area contributed by atoms with Gasteiger partial charge in [-0.05, 0) is 93.3 Å². The van der Waals surface area contributed by atoms with Crippen molar-refractivity contribution in [1.29, 1.82) is 0 Å². The summed E-state index contributed by atoms with van der Waals surface area (Å²) in [6, 6.07) is 11.8. The minimum Gasteiger partial charge on any atom is -0.463 e. The molecule has 1 aliphatic carbocycles. The van der Waals surface area contributed by atoms with Crippen LogP contribution >= 0.6 is 0 Å². The third-order valence-corrected chi connectivity index (χ3v) is 6.83. The van der Waals surface area contributed by atoms with Crippen LogP contribution in [0.15, 0.2) is 48.5 Å². The highest BCUT2D eigenvalue weighted by molar-refractivity contribution is 5.87. The fourth-order valence-corrected chi connectivity index (χ4v) is 4.99. The maximum Gasteiger partial charge on any atom is 0.416 e. The Morgan fingerprint density at radius 2 is 1.82 bits per heavy atom. The van der Waals surface area contributed by atoms with Crippen molar-refractivity contribution in [2.45, 2.75) is 70.9 Å². The molecular formula is C30H38F3NO4. The highest BCUT2D eigenvalue weighted by Crippen LogP contribution is 2.34. The molecule has 5 nitrogen and oxygen atoms in total. The van der Waals surface area contributed by atoms with Crippen LogP contribution in [0.25, 0.3) is 6.08 Å². The quantitative estimate of drug-likeness (QED) is 0.263. The van der Waals surface area contributed by atoms with Crippen LogP contribution in [0.5, 0.6) is 0 Å². The first-order valence-electron chi connectivity index (χ1n) is 13.1. The third kappa shape index (κ3) is 8.68. The molecule has 1 aliphatic rings. The number of fused-ring (bicyclic) bond motifs is 1. The minimum absolute atomic E-state index is 0.0591. The Bertz CT molecular complexity index is 1090. The molecule has 0 radical (unpaired) electrons. The number of carbonyl (C=O) groups excluding carboxylic acids is 1. The number of nitrogens with one attached hydrogen (secondary N) is 1. The zero-order valence-corrected chi connectivity index (χ0v) is 22.5. The van der Waals surface area contributed by atoms with E-state index in [0.29, 0.717) is 11.5 Å². The molecule has 38 heavy (non-hydrogen) atoms. The van der Waals surface area contributed by atoms with E-state index in [0.717, 1.165) is 31.4 Å². The molecule has 0 spiro atoms. The van der Waals surface area contributed by atoms with Crippen LogP contribution in [-0.2, 0) is 33.3 Å². The third-order valence-electron chi connectivity index (χ3n) is 6.83. The SMILES string of the molecule is CCOC(=O)/C=C/c1ccc(C(F)(F)F)cc1[C@@H](C)OC[C@H](O)CNC(C)(C)CC1Cc2ccccc2C1. The summed E-state index contributed by atoms with van der Waals surface area (Å²) in [6.45, 7) is 7.93. The van der Waals surface area contributed by atoms with E-state index in [2.05, 4.69) is 43.4 Å². The standard InChI is InChI=1S/C30H38F3NO4/c1-5-37-28(36)13-11-22-10-12-25(30(31,32)33)16-27(22)20(2)38-19-26(35)18-34-29(3,4)17-21-14-23-8-6-7-9-24(23)15-21/h6-13,16,20-21,26,34-35H,5,14-15,17-19H2,1-4H3/b13-11+/t20-,26-/m1/s1. The van der Waals surface area contributed by atoms with Gasteiger partial charge < -0.3 is 19.9 Å². The van der Waals surface area contributed by atoms with Gasteiger partial charge in [0.1, 0.15) is 0 Å². The Morgan fingerprint density at radius 1 is 1.16 bits per heavy atom. The number of esters is 1. The highest BCUT2D eigenvalue weighted by atomic mass is 19.4. The number of benzene rings is 2. The summed E-state index contributed by atoms with van der Waals surface area (Å²) in [5, 5.41) is 14.0. The maximum atomic E-state index is 13.3. The average Bonchev–Trinajstić information content (AvgIpc) is 3.26. The molecular weight excluding hydrogens is 495 g/mol. The van der Waals surface area contributed by atoms with Crippen molar-refractivity contribution >= 4 is 12.0 Å². The molecule has 0 amide bonds. The zero-order valence-electron chi connectivity index (χ0n) is 22.5. The van der Waals surface area contributed by atoms with Gasteiger partial charge in [0.05, 0.1) is 31.0 Å². The molecule has 0 fully saturated rings. The van der Waals surface area contributed by atoms with Gasteiger partial charge >= 0.3 is 12.1 Å². The first-order chi connectivity index (χ1) is 17.9.